The Kier molecular flexibility index (Phi) is 7.55. The largest absolute Gasteiger partial charge is 0.456 e. The number of nitrogens with zero attached hydrogens (tertiary/aromatic N) is 1. The van der Waals surface area contributed by atoms with Crippen LogP contribution in [0.25, 0.3) is 77.2 Å². The van der Waals surface area contributed by atoms with Gasteiger partial charge in [0.1, 0.15) is 11.2 Å². The van der Waals surface area contributed by atoms with Crippen LogP contribution in [0.2, 0.25) is 0 Å². The van der Waals surface area contributed by atoms with Crippen molar-refractivity contribution in [1.29, 1.82) is 0 Å². The minimum Gasteiger partial charge on any atom is -0.456 e. The number of furan rings is 1. The van der Waals surface area contributed by atoms with E-state index in [4.69, 9.17) is 4.42 Å². The molecule has 1 aromatic heterocycles. The van der Waals surface area contributed by atoms with Crippen molar-refractivity contribution in [3.05, 3.63) is 211 Å². The summed E-state index contributed by atoms with van der Waals surface area (Å²) in [4.78, 5) is 2.37. The Labute approximate surface area is 332 Å². The van der Waals surface area contributed by atoms with E-state index in [1.54, 1.807) is 0 Å². The van der Waals surface area contributed by atoms with Crippen LogP contribution in [0.15, 0.2) is 205 Å². The van der Waals surface area contributed by atoms with E-state index in [9.17, 15) is 0 Å². The van der Waals surface area contributed by atoms with Gasteiger partial charge < -0.3 is 9.32 Å². The van der Waals surface area contributed by atoms with Gasteiger partial charge in [-0.3, -0.25) is 0 Å². The molecule has 1 heterocycles. The molecule has 9 aromatic carbocycles. The molecule has 0 aliphatic heterocycles. The fourth-order valence-electron chi connectivity index (χ4n) is 9.04. The van der Waals surface area contributed by atoms with Crippen LogP contribution in [-0.4, -0.2) is 0 Å². The number of anilines is 3. The maximum atomic E-state index is 6.13. The summed E-state index contributed by atoms with van der Waals surface area (Å²) in [6.45, 7) is 4.69. The summed E-state index contributed by atoms with van der Waals surface area (Å²) in [5.41, 5.74) is 17.7. The molecule has 11 rings (SSSR count). The molecule has 0 saturated heterocycles. The molecule has 0 spiro atoms. The maximum Gasteiger partial charge on any atom is 0.135 e. The average molecular weight is 730 g/mol. The first-order valence-corrected chi connectivity index (χ1v) is 19.7. The third-order valence-corrected chi connectivity index (χ3v) is 12.1. The van der Waals surface area contributed by atoms with Gasteiger partial charge >= 0.3 is 0 Å². The summed E-state index contributed by atoms with van der Waals surface area (Å²) in [6, 6.07) is 72.8. The number of benzene rings is 9. The molecule has 0 saturated carbocycles. The zero-order valence-electron chi connectivity index (χ0n) is 31.9. The summed E-state index contributed by atoms with van der Waals surface area (Å²) < 4.78 is 6.13. The van der Waals surface area contributed by atoms with Crippen molar-refractivity contribution in [3.63, 3.8) is 0 Å². The van der Waals surface area contributed by atoms with Crippen LogP contribution in [-0.2, 0) is 5.41 Å². The minimum atomic E-state index is -0.0427. The molecule has 1 aliphatic rings. The lowest BCUT2D eigenvalue weighted by Gasteiger charge is -2.26. The fourth-order valence-corrected chi connectivity index (χ4v) is 9.04. The standard InChI is InChI=1S/C55H39NO/c1-55(2)51-16-7-5-14-47(51)48-30-24-43(35-52(48)55)38-22-28-45(29-23-38)56(46-13-9-12-40(33-46)41-19-18-36-10-3-4-11-39(36)32-41)44-26-20-37(21-27-44)42-25-31-54-50(34-42)49-15-6-8-17-53(49)57-54/h3-35H,1-2H3. The Morgan fingerprint density at radius 1 is 0.351 bits per heavy atom. The first kappa shape index (κ1) is 33.2. The summed E-state index contributed by atoms with van der Waals surface area (Å²) in [7, 11) is 0. The van der Waals surface area contributed by atoms with Gasteiger partial charge in [0.15, 0.2) is 0 Å². The lowest BCUT2D eigenvalue weighted by molar-refractivity contribution is 0.660. The zero-order chi connectivity index (χ0) is 38.1. The van der Waals surface area contributed by atoms with E-state index in [0.717, 1.165) is 50.1 Å². The molecular weight excluding hydrogens is 691 g/mol. The van der Waals surface area contributed by atoms with E-state index in [0.29, 0.717) is 0 Å². The molecular formula is C55H39NO. The molecule has 57 heavy (non-hydrogen) atoms. The highest BCUT2D eigenvalue weighted by Crippen LogP contribution is 2.49. The monoisotopic (exact) mass is 729 g/mol. The summed E-state index contributed by atoms with van der Waals surface area (Å²) in [5.74, 6) is 0. The second-order valence-electron chi connectivity index (χ2n) is 15.8. The molecule has 0 radical (unpaired) electrons. The lowest BCUT2D eigenvalue weighted by atomic mass is 9.81. The normalized spacial score (nSPS) is 12.9. The number of fused-ring (bicyclic) bond motifs is 7. The van der Waals surface area contributed by atoms with Crippen LogP contribution in [0, 0.1) is 0 Å². The third-order valence-electron chi connectivity index (χ3n) is 12.1. The van der Waals surface area contributed by atoms with E-state index in [2.05, 4.69) is 207 Å². The number of hydrogen-bond donors (Lipinski definition) is 0. The molecule has 0 amide bonds. The number of rotatable bonds is 6. The molecule has 0 fully saturated rings. The van der Waals surface area contributed by atoms with Crippen LogP contribution in [0.1, 0.15) is 25.0 Å². The molecule has 2 heteroatoms. The van der Waals surface area contributed by atoms with Crippen LogP contribution in [0.5, 0.6) is 0 Å². The van der Waals surface area contributed by atoms with Crippen molar-refractivity contribution in [3.8, 4) is 44.5 Å². The zero-order valence-corrected chi connectivity index (χ0v) is 31.9. The lowest BCUT2D eigenvalue weighted by Crippen LogP contribution is -2.14. The highest BCUT2D eigenvalue weighted by Gasteiger charge is 2.35. The summed E-state index contributed by atoms with van der Waals surface area (Å²) in [6.07, 6.45) is 0. The first-order valence-electron chi connectivity index (χ1n) is 19.7. The third kappa shape index (κ3) is 5.56. The fraction of sp³-hybridized carbons (Fsp3) is 0.0545. The van der Waals surface area contributed by atoms with Crippen LogP contribution < -0.4 is 4.90 Å². The van der Waals surface area contributed by atoms with Crippen LogP contribution in [0.3, 0.4) is 0 Å². The van der Waals surface area contributed by atoms with Crippen LogP contribution in [0.4, 0.5) is 17.1 Å². The van der Waals surface area contributed by atoms with E-state index in [1.165, 1.54) is 55.3 Å². The number of para-hydroxylation sites is 1. The molecule has 10 aromatic rings. The quantitative estimate of drug-likeness (QED) is 0.169. The molecule has 0 bridgehead atoms. The predicted molar refractivity (Wildman–Crippen MR) is 240 cm³/mol. The molecule has 270 valence electrons. The van der Waals surface area contributed by atoms with Gasteiger partial charge in [-0.15, -0.1) is 0 Å². The second-order valence-corrected chi connectivity index (χ2v) is 15.8. The van der Waals surface area contributed by atoms with Gasteiger partial charge in [-0.1, -0.05) is 147 Å². The van der Waals surface area contributed by atoms with Gasteiger partial charge in [0.2, 0.25) is 0 Å². The highest BCUT2D eigenvalue weighted by molar-refractivity contribution is 6.06. The van der Waals surface area contributed by atoms with Gasteiger partial charge in [0.25, 0.3) is 0 Å². The Morgan fingerprint density at radius 2 is 0.930 bits per heavy atom. The maximum absolute atomic E-state index is 6.13. The molecule has 0 unspecified atom stereocenters. The van der Waals surface area contributed by atoms with E-state index in [1.807, 2.05) is 12.1 Å². The highest BCUT2D eigenvalue weighted by atomic mass is 16.3. The van der Waals surface area contributed by atoms with Crippen molar-refractivity contribution in [2.24, 2.45) is 0 Å². The molecule has 2 nitrogen and oxygen atoms in total. The van der Waals surface area contributed by atoms with Gasteiger partial charge in [-0.25, -0.2) is 0 Å². The van der Waals surface area contributed by atoms with E-state index < -0.39 is 0 Å². The Hall–Kier alpha value is -7.16. The Bertz CT molecular complexity index is 3150. The summed E-state index contributed by atoms with van der Waals surface area (Å²) in [5, 5.41) is 4.76. The van der Waals surface area contributed by atoms with Crippen LogP contribution >= 0.6 is 0 Å². The minimum absolute atomic E-state index is 0.0427. The van der Waals surface area contributed by atoms with E-state index >= 15 is 0 Å². The van der Waals surface area contributed by atoms with Gasteiger partial charge in [0.05, 0.1) is 0 Å². The average Bonchev–Trinajstić information content (AvgIpc) is 3.75. The second kappa shape index (κ2) is 13.0. The Morgan fingerprint density at radius 3 is 1.74 bits per heavy atom. The number of hydrogen-bond acceptors (Lipinski definition) is 2. The SMILES string of the molecule is CC1(C)c2ccccc2-c2ccc(-c3ccc(N(c4ccc(-c5ccc6oc7ccccc7c6c5)cc4)c4cccc(-c5ccc6ccccc6c5)c4)cc3)cc21. The van der Waals surface area contributed by atoms with E-state index in [-0.39, 0.29) is 5.41 Å². The molecule has 1 aliphatic carbocycles. The topological polar surface area (TPSA) is 16.4 Å². The van der Waals surface area contributed by atoms with Gasteiger partial charge in [-0.2, -0.15) is 0 Å². The first-order chi connectivity index (χ1) is 28.0. The Balaban J connectivity index is 0.983. The predicted octanol–water partition coefficient (Wildman–Crippen LogP) is 15.5. The molecule has 0 N–H and O–H groups in total. The van der Waals surface area contributed by atoms with Crippen molar-refractivity contribution < 1.29 is 4.42 Å². The summed E-state index contributed by atoms with van der Waals surface area (Å²) >= 11 is 0. The van der Waals surface area contributed by atoms with Gasteiger partial charge in [-0.05, 0) is 133 Å². The van der Waals surface area contributed by atoms with Crippen molar-refractivity contribution in [2.45, 2.75) is 19.3 Å². The van der Waals surface area contributed by atoms with Crippen molar-refractivity contribution in [1.82, 2.24) is 0 Å². The van der Waals surface area contributed by atoms with Crippen molar-refractivity contribution in [2.75, 3.05) is 4.90 Å². The van der Waals surface area contributed by atoms with Gasteiger partial charge in [0, 0.05) is 33.2 Å². The molecule has 0 atom stereocenters. The smallest absolute Gasteiger partial charge is 0.135 e. The van der Waals surface area contributed by atoms with Crippen molar-refractivity contribution >= 4 is 49.8 Å².